The van der Waals surface area contributed by atoms with Crippen LogP contribution in [-0.2, 0) is 14.6 Å². The molecule has 0 amide bonds. The molecule has 7 heteroatoms. The maximum Gasteiger partial charge on any atom is 0.154 e. The van der Waals surface area contributed by atoms with Gasteiger partial charge in [0, 0.05) is 23.3 Å². The molecule has 22 heavy (non-hydrogen) atoms. The minimum atomic E-state index is -3.30. The van der Waals surface area contributed by atoms with Gasteiger partial charge in [0.25, 0.3) is 0 Å². The van der Waals surface area contributed by atoms with Crippen LogP contribution in [0.5, 0.6) is 0 Å². The van der Waals surface area contributed by atoms with E-state index in [4.69, 9.17) is 34.3 Å². The molecule has 0 aliphatic heterocycles. The zero-order valence-corrected chi connectivity index (χ0v) is 15.0. The van der Waals surface area contributed by atoms with E-state index in [1.165, 1.54) is 0 Å². The van der Waals surface area contributed by atoms with E-state index < -0.39 is 20.5 Å². The Morgan fingerprint density at radius 2 is 1.95 bits per heavy atom. The summed E-state index contributed by atoms with van der Waals surface area (Å²) in [6, 6.07) is 7.15. The number of ether oxygens (including phenoxy) is 1. The van der Waals surface area contributed by atoms with Crippen molar-refractivity contribution in [3.8, 4) is 0 Å². The van der Waals surface area contributed by atoms with E-state index in [-0.39, 0.29) is 23.3 Å². The summed E-state index contributed by atoms with van der Waals surface area (Å²) in [5.41, 5.74) is 5.98. The predicted molar refractivity (Wildman–Crippen MR) is 93.2 cm³/mol. The van der Waals surface area contributed by atoms with E-state index in [1.54, 1.807) is 19.1 Å². The molecule has 1 aromatic carbocycles. The molecule has 2 rings (SSSR count). The SMILES string of the molecule is CCOC[C@]1(C(N)=S)[C@H](c2ccc(Cl)cc2)[C@@H]1S(=O)(=O)CC. The van der Waals surface area contributed by atoms with Crippen molar-refractivity contribution in [1.82, 2.24) is 0 Å². The van der Waals surface area contributed by atoms with Crippen LogP contribution in [0.4, 0.5) is 0 Å². The number of sulfone groups is 1. The largest absolute Gasteiger partial charge is 0.393 e. The van der Waals surface area contributed by atoms with Crippen molar-refractivity contribution in [3.63, 3.8) is 0 Å². The highest BCUT2D eigenvalue weighted by Crippen LogP contribution is 2.63. The van der Waals surface area contributed by atoms with Gasteiger partial charge in [-0.1, -0.05) is 42.9 Å². The lowest BCUT2D eigenvalue weighted by Gasteiger charge is -2.16. The van der Waals surface area contributed by atoms with Crippen molar-refractivity contribution in [1.29, 1.82) is 0 Å². The van der Waals surface area contributed by atoms with Gasteiger partial charge in [-0.2, -0.15) is 0 Å². The summed E-state index contributed by atoms with van der Waals surface area (Å²) in [5.74, 6) is -0.225. The molecule has 3 atom stereocenters. The molecule has 0 aromatic heterocycles. The molecule has 1 fully saturated rings. The second-order valence-corrected chi connectivity index (χ2v) is 8.73. The van der Waals surface area contributed by atoms with Crippen LogP contribution in [0.2, 0.25) is 5.02 Å². The Bertz CT molecular complexity index is 660. The van der Waals surface area contributed by atoms with Gasteiger partial charge in [0.2, 0.25) is 0 Å². The van der Waals surface area contributed by atoms with E-state index in [1.807, 2.05) is 19.1 Å². The third-order valence-electron chi connectivity index (χ3n) is 4.28. The van der Waals surface area contributed by atoms with Crippen molar-refractivity contribution in [2.75, 3.05) is 19.0 Å². The van der Waals surface area contributed by atoms with Crippen LogP contribution in [0.1, 0.15) is 25.3 Å². The number of halogens is 1. The van der Waals surface area contributed by atoms with Gasteiger partial charge < -0.3 is 10.5 Å². The van der Waals surface area contributed by atoms with Crippen molar-refractivity contribution >= 4 is 38.6 Å². The van der Waals surface area contributed by atoms with Crippen LogP contribution in [0.15, 0.2) is 24.3 Å². The zero-order chi connectivity index (χ0) is 16.5. The Balaban J connectivity index is 2.48. The van der Waals surface area contributed by atoms with Gasteiger partial charge in [0.05, 0.1) is 22.3 Å². The number of hydrogen-bond donors (Lipinski definition) is 1. The summed E-state index contributed by atoms with van der Waals surface area (Å²) in [4.78, 5) is 0.197. The summed E-state index contributed by atoms with van der Waals surface area (Å²) in [5, 5.41) is -0.0275. The summed E-state index contributed by atoms with van der Waals surface area (Å²) >= 11 is 11.1. The molecule has 0 radical (unpaired) electrons. The molecule has 0 saturated heterocycles. The van der Waals surface area contributed by atoms with Crippen molar-refractivity contribution in [2.24, 2.45) is 11.1 Å². The summed E-state index contributed by atoms with van der Waals surface area (Å²) in [6.07, 6.45) is 0. The normalized spacial score (nSPS) is 27.6. The minimum Gasteiger partial charge on any atom is -0.393 e. The molecule has 2 N–H and O–H groups in total. The molecule has 122 valence electrons. The first kappa shape index (κ1) is 17.7. The van der Waals surface area contributed by atoms with Crippen LogP contribution in [0, 0.1) is 5.41 Å². The monoisotopic (exact) mass is 361 g/mol. The molecule has 0 heterocycles. The van der Waals surface area contributed by atoms with E-state index in [0.29, 0.717) is 11.6 Å². The number of benzene rings is 1. The molecule has 1 aliphatic carbocycles. The fourth-order valence-corrected chi connectivity index (χ4v) is 5.65. The van der Waals surface area contributed by atoms with Crippen molar-refractivity contribution in [3.05, 3.63) is 34.9 Å². The molecular formula is C15H20ClNO3S2. The maximum atomic E-state index is 12.5. The molecule has 1 aliphatic rings. The van der Waals surface area contributed by atoms with Gasteiger partial charge in [-0.15, -0.1) is 0 Å². The van der Waals surface area contributed by atoms with E-state index >= 15 is 0 Å². The first-order chi connectivity index (χ1) is 10.3. The first-order valence-electron chi connectivity index (χ1n) is 7.16. The third kappa shape index (κ3) is 2.89. The van der Waals surface area contributed by atoms with E-state index in [2.05, 4.69) is 0 Å². The van der Waals surface area contributed by atoms with Crippen LogP contribution >= 0.6 is 23.8 Å². The lowest BCUT2D eigenvalue weighted by Crippen LogP contribution is -2.34. The number of thiocarbonyl (C=S) groups is 1. The average Bonchev–Trinajstić information content (AvgIpc) is 3.17. The van der Waals surface area contributed by atoms with Crippen LogP contribution in [0.3, 0.4) is 0 Å². The van der Waals surface area contributed by atoms with Crippen LogP contribution < -0.4 is 5.73 Å². The Morgan fingerprint density at radius 3 is 2.41 bits per heavy atom. The predicted octanol–water partition coefficient (Wildman–Crippen LogP) is 2.55. The lowest BCUT2D eigenvalue weighted by atomic mass is 10.00. The van der Waals surface area contributed by atoms with Gasteiger partial charge >= 0.3 is 0 Å². The Kier molecular flexibility index (Phi) is 5.16. The number of hydrogen-bond acceptors (Lipinski definition) is 4. The van der Waals surface area contributed by atoms with Crippen LogP contribution in [-0.4, -0.2) is 37.6 Å². The van der Waals surface area contributed by atoms with Crippen molar-refractivity contribution in [2.45, 2.75) is 25.0 Å². The minimum absolute atomic E-state index is 0.0538. The first-order valence-corrected chi connectivity index (χ1v) is 9.66. The van der Waals surface area contributed by atoms with Crippen molar-refractivity contribution < 1.29 is 13.2 Å². The Hall–Kier alpha value is -0.690. The highest BCUT2D eigenvalue weighted by molar-refractivity contribution is 7.92. The summed E-state index contributed by atoms with van der Waals surface area (Å²) in [7, 11) is -3.30. The topological polar surface area (TPSA) is 69.4 Å². The van der Waals surface area contributed by atoms with E-state index in [9.17, 15) is 8.42 Å². The number of nitrogens with two attached hydrogens (primary N) is 1. The Labute approximate surface area is 141 Å². The maximum absolute atomic E-state index is 12.5. The standard InChI is InChI=1S/C15H20ClNO3S2/c1-3-20-9-15(14(17)21)12(13(15)22(18,19)4-2)10-5-7-11(16)8-6-10/h5-8,12-13H,3-4,9H2,1-2H3,(H2,17,21)/t12-,13+,15+/m1/s1. The molecule has 0 spiro atoms. The quantitative estimate of drug-likeness (QED) is 0.756. The summed E-state index contributed by atoms with van der Waals surface area (Å²) in [6.45, 7) is 4.19. The number of rotatable bonds is 7. The van der Waals surface area contributed by atoms with Gasteiger partial charge in [-0.3, -0.25) is 0 Å². The lowest BCUT2D eigenvalue weighted by molar-refractivity contribution is 0.121. The smallest absolute Gasteiger partial charge is 0.154 e. The molecule has 1 aromatic rings. The molecule has 1 saturated carbocycles. The third-order valence-corrected chi connectivity index (χ3v) is 7.18. The fourth-order valence-electron chi connectivity index (χ4n) is 3.06. The molecule has 4 nitrogen and oxygen atoms in total. The second-order valence-electron chi connectivity index (χ2n) is 5.44. The Morgan fingerprint density at radius 1 is 1.36 bits per heavy atom. The zero-order valence-electron chi connectivity index (χ0n) is 12.6. The molecular weight excluding hydrogens is 342 g/mol. The van der Waals surface area contributed by atoms with Gasteiger partial charge in [-0.05, 0) is 24.6 Å². The highest BCUT2D eigenvalue weighted by atomic mass is 35.5. The van der Waals surface area contributed by atoms with Gasteiger partial charge in [-0.25, -0.2) is 8.42 Å². The van der Waals surface area contributed by atoms with E-state index in [0.717, 1.165) is 5.56 Å². The van der Waals surface area contributed by atoms with Gasteiger partial charge in [0.15, 0.2) is 9.84 Å². The van der Waals surface area contributed by atoms with Gasteiger partial charge in [0.1, 0.15) is 0 Å². The average molecular weight is 362 g/mol. The highest BCUT2D eigenvalue weighted by Gasteiger charge is 2.72. The second kappa shape index (κ2) is 6.43. The summed E-state index contributed by atoms with van der Waals surface area (Å²) < 4.78 is 30.5. The molecule has 0 bridgehead atoms. The fraction of sp³-hybridized carbons (Fsp3) is 0.533. The van der Waals surface area contributed by atoms with Crippen LogP contribution in [0.25, 0.3) is 0 Å². The molecule has 0 unspecified atom stereocenters.